The van der Waals surface area contributed by atoms with Crippen LogP contribution in [0.4, 0.5) is 0 Å². The van der Waals surface area contributed by atoms with Crippen molar-refractivity contribution in [3.05, 3.63) is 90.9 Å². The first-order chi connectivity index (χ1) is 13.5. The highest BCUT2D eigenvalue weighted by atomic mass is 35.5. The zero-order valence-electron chi connectivity index (χ0n) is 14.4. The molecule has 0 aliphatic heterocycles. The molecule has 0 N–H and O–H groups in total. The van der Waals surface area contributed by atoms with Crippen molar-refractivity contribution in [2.45, 2.75) is 0 Å². The van der Waals surface area contributed by atoms with Crippen molar-refractivity contribution in [3.8, 4) is 0 Å². The molecule has 0 radical (unpaired) electrons. The lowest BCUT2D eigenvalue weighted by Crippen LogP contribution is -1.89. The van der Waals surface area contributed by atoms with Gasteiger partial charge in [-0.25, -0.2) is 0 Å². The van der Waals surface area contributed by atoms with Crippen LogP contribution in [0.3, 0.4) is 0 Å². The molecule has 28 heavy (non-hydrogen) atoms. The second-order valence-corrected chi connectivity index (χ2v) is 8.48. The number of halogens is 4. The lowest BCUT2D eigenvalue weighted by Gasteiger charge is -2.12. The van der Waals surface area contributed by atoms with E-state index in [1.807, 2.05) is 24.3 Å². The van der Waals surface area contributed by atoms with E-state index in [1.165, 1.54) is 0 Å². The Balaban J connectivity index is 1.70. The third kappa shape index (κ3) is 3.11. The summed E-state index contributed by atoms with van der Waals surface area (Å²) in [6, 6.07) is 16.2. The molecular weight excluding hydrogens is 430 g/mol. The van der Waals surface area contributed by atoms with Crippen LogP contribution < -0.4 is 0 Å². The highest BCUT2D eigenvalue weighted by Crippen LogP contribution is 2.34. The summed E-state index contributed by atoms with van der Waals surface area (Å²) < 4.78 is 0. The van der Waals surface area contributed by atoms with Gasteiger partial charge in [0.25, 0.3) is 0 Å². The van der Waals surface area contributed by atoms with E-state index in [9.17, 15) is 0 Å². The smallest absolute Gasteiger partial charge is 0.0598 e. The maximum absolute atomic E-state index is 6.19. The van der Waals surface area contributed by atoms with Gasteiger partial charge < -0.3 is 0 Å². The molecule has 1 aliphatic rings. The largest absolute Gasteiger partial charge is 0.0827 e. The van der Waals surface area contributed by atoms with Crippen LogP contribution in [0.5, 0.6) is 0 Å². The van der Waals surface area contributed by atoms with Crippen LogP contribution in [0.15, 0.2) is 48.5 Å². The second-order valence-electron chi connectivity index (χ2n) is 6.86. The van der Waals surface area contributed by atoms with Crippen molar-refractivity contribution in [3.63, 3.8) is 0 Å². The highest BCUT2D eigenvalue weighted by Gasteiger charge is 2.09. The van der Waals surface area contributed by atoms with Crippen LogP contribution in [-0.4, -0.2) is 0 Å². The Hall–Kier alpha value is -1.96. The molecule has 0 saturated heterocycles. The monoisotopic (exact) mass is 440 g/mol. The van der Waals surface area contributed by atoms with E-state index in [-0.39, 0.29) is 0 Å². The zero-order valence-corrected chi connectivity index (χ0v) is 17.5. The summed E-state index contributed by atoms with van der Waals surface area (Å²) in [6.07, 6.45) is 8.51. The number of hydrogen-bond donors (Lipinski definition) is 0. The Bertz CT molecular complexity index is 1140. The standard InChI is InChI=1S/C24H12Cl4/c25-21-9-17-5-13-1-2-14-6-18-10-22(26)24(28)12-20(18)8-16(14)4-3-15(13)7-19(17)11-23(21)27/h1-12H/b2-1-,4-3-,13-1?,14-2?,15-3?,16-4?. The molecule has 0 bridgehead atoms. The van der Waals surface area contributed by atoms with Gasteiger partial charge in [0.15, 0.2) is 0 Å². The van der Waals surface area contributed by atoms with Crippen LogP contribution in [0.25, 0.3) is 45.8 Å². The summed E-state index contributed by atoms with van der Waals surface area (Å²) >= 11 is 24.8. The Morgan fingerprint density at radius 2 is 0.536 bits per heavy atom. The molecule has 0 amide bonds. The molecule has 0 aromatic heterocycles. The molecule has 0 atom stereocenters. The average Bonchev–Trinajstić information content (AvgIpc) is 2.65. The van der Waals surface area contributed by atoms with Gasteiger partial charge in [0, 0.05) is 0 Å². The Labute approximate surface area is 182 Å². The molecule has 0 saturated carbocycles. The van der Waals surface area contributed by atoms with Gasteiger partial charge in [0.1, 0.15) is 0 Å². The normalized spacial score (nSPS) is 15.0. The van der Waals surface area contributed by atoms with E-state index in [0.29, 0.717) is 20.1 Å². The van der Waals surface area contributed by atoms with E-state index in [4.69, 9.17) is 46.4 Å². The summed E-state index contributed by atoms with van der Waals surface area (Å²) in [4.78, 5) is 0. The molecule has 0 fully saturated rings. The number of hydrogen-bond acceptors (Lipinski definition) is 0. The fourth-order valence-electron chi connectivity index (χ4n) is 3.60. The predicted octanol–water partition coefficient (Wildman–Crippen LogP) is 9.26. The van der Waals surface area contributed by atoms with E-state index in [0.717, 1.165) is 43.8 Å². The topological polar surface area (TPSA) is 0 Å². The first kappa shape index (κ1) is 18.1. The summed E-state index contributed by atoms with van der Waals surface area (Å²) in [5.41, 5.74) is 4.51. The fraction of sp³-hybridized carbons (Fsp3) is 0. The van der Waals surface area contributed by atoms with Crippen LogP contribution in [0.2, 0.25) is 20.1 Å². The van der Waals surface area contributed by atoms with Crippen molar-refractivity contribution >= 4 is 92.3 Å². The van der Waals surface area contributed by atoms with E-state index < -0.39 is 0 Å². The Kier molecular flexibility index (Phi) is 4.41. The van der Waals surface area contributed by atoms with Crippen LogP contribution in [0, 0.1) is 0 Å². The summed E-state index contributed by atoms with van der Waals surface area (Å²) in [6.45, 7) is 0. The fourth-order valence-corrected chi connectivity index (χ4v) is 4.28. The van der Waals surface area contributed by atoms with Crippen molar-refractivity contribution in [2.75, 3.05) is 0 Å². The quantitative estimate of drug-likeness (QED) is 0.224. The molecule has 136 valence electrons. The number of rotatable bonds is 0. The molecule has 0 unspecified atom stereocenters. The Morgan fingerprint density at radius 1 is 0.321 bits per heavy atom. The van der Waals surface area contributed by atoms with Gasteiger partial charge in [-0.15, -0.1) is 0 Å². The molecule has 5 rings (SSSR count). The summed E-state index contributed by atoms with van der Waals surface area (Å²) in [7, 11) is 0. The molecule has 0 spiro atoms. The molecule has 0 heterocycles. The van der Waals surface area contributed by atoms with Gasteiger partial charge in [-0.2, -0.15) is 0 Å². The van der Waals surface area contributed by atoms with Crippen molar-refractivity contribution < 1.29 is 0 Å². The number of fused-ring (bicyclic) bond motifs is 4. The van der Waals surface area contributed by atoms with Crippen LogP contribution in [-0.2, 0) is 0 Å². The average molecular weight is 442 g/mol. The molecule has 1 aliphatic carbocycles. The van der Waals surface area contributed by atoms with Gasteiger partial charge in [0.05, 0.1) is 20.1 Å². The maximum Gasteiger partial charge on any atom is 0.0598 e. The third-order valence-corrected chi connectivity index (χ3v) is 6.49. The molecule has 0 nitrogen and oxygen atoms in total. The van der Waals surface area contributed by atoms with Crippen LogP contribution in [0.1, 0.15) is 22.3 Å². The first-order valence-corrected chi connectivity index (χ1v) is 10.2. The second kappa shape index (κ2) is 6.83. The van der Waals surface area contributed by atoms with Gasteiger partial charge >= 0.3 is 0 Å². The molecule has 4 aromatic carbocycles. The van der Waals surface area contributed by atoms with Gasteiger partial charge in [-0.1, -0.05) is 70.7 Å². The molecule has 4 aromatic rings. The first-order valence-electron chi connectivity index (χ1n) is 8.70. The van der Waals surface area contributed by atoms with E-state index in [2.05, 4.69) is 48.6 Å². The van der Waals surface area contributed by atoms with Crippen molar-refractivity contribution in [2.24, 2.45) is 0 Å². The zero-order chi connectivity index (χ0) is 19.4. The predicted molar refractivity (Wildman–Crippen MR) is 126 cm³/mol. The molecule has 4 heteroatoms. The third-order valence-electron chi connectivity index (χ3n) is 5.05. The van der Waals surface area contributed by atoms with Crippen LogP contribution >= 0.6 is 46.4 Å². The SMILES string of the molecule is Clc1cc2cc3c(cc2cc1Cl)/C=C\c1cc2cc(Cl)c(Cl)cc2cc1/C=C\3. The van der Waals surface area contributed by atoms with E-state index in [1.54, 1.807) is 0 Å². The summed E-state index contributed by atoms with van der Waals surface area (Å²) in [5.74, 6) is 0. The minimum atomic E-state index is 0.562. The van der Waals surface area contributed by atoms with Gasteiger partial charge in [-0.05, 0) is 92.3 Å². The highest BCUT2D eigenvalue weighted by molar-refractivity contribution is 6.43. The lowest BCUT2D eigenvalue weighted by molar-refractivity contribution is 1.62. The van der Waals surface area contributed by atoms with Crippen molar-refractivity contribution in [1.29, 1.82) is 0 Å². The summed E-state index contributed by atoms with van der Waals surface area (Å²) in [5, 5.41) is 6.50. The number of benzene rings is 4. The van der Waals surface area contributed by atoms with Gasteiger partial charge in [-0.3, -0.25) is 0 Å². The van der Waals surface area contributed by atoms with Gasteiger partial charge in [0.2, 0.25) is 0 Å². The minimum absolute atomic E-state index is 0.562. The lowest BCUT2D eigenvalue weighted by atomic mass is 9.94. The van der Waals surface area contributed by atoms with E-state index >= 15 is 0 Å². The molecular formula is C24H12Cl4. The minimum Gasteiger partial charge on any atom is -0.0827 e. The Morgan fingerprint density at radius 3 is 0.750 bits per heavy atom. The maximum atomic E-state index is 6.19. The van der Waals surface area contributed by atoms with Crippen molar-refractivity contribution in [1.82, 2.24) is 0 Å².